The van der Waals surface area contributed by atoms with Crippen LogP contribution in [0.25, 0.3) is 0 Å². The zero-order valence-electron chi connectivity index (χ0n) is 12.9. The van der Waals surface area contributed by atoms with Crippen LogP contribution in [0.4, 0.5) is 5.69 Å². The van der Waals surface area contributed by atoms with Crippen molar-refractivity contribution in [1.29, 1.82) is 0 Å². The van der Waals surface area contributed by atoms with Gasteiger partial charge in [-0.3, -0.25) is 9.69 Å². The van der Waals surface area contributed by atoms with E-state index >= 15 is 0 Å². The molecule has 0 saturated heterocycles. The normalized spacial score (nSPS) is 23.5. The smallest absolute Gasteiger partial charge is 0.235 e. The van der Waals surface area contributed by atoms with Gasteiger partial charge in [-0.15, -0.1) is 0 Å². The summed E-state index contributed by atoms with van der Waals surface area (Å²) in [4.78, 5) is 14.6. The van der Waals surface area contributed by atoms with Crippen molar-refractivity contribution in [2.75, 3.05) is 12.0 Å². The third-order valence-corrected chi connectivity index (χ3v) is 4.14. The van der Waals surface area contributed by atoms with Gasteiger partial charge in [-0.05, 0) is 35.8 Å². The second-order valence-electron chi connectivity index (χ2n) is 5.84. The summed E-state index contributed by atoms with van der Waals surface area (Å²) in [5.74, 6) is 0.971. The van der Waals surface area contributed by atoms with Gasteiger partial charge in [0.1, 0.15) is 5.75 Å². The number of nitrogens with zero attached hydrogens (tertiary/aromatic N) is 3. The molecular formula is C17H19N3O2. The van der Waals surface area contributed by atoms with Crippen LogP contribution in [0.2, 0.25) is 0 Å². The Morgan fingerprint density at radius 3 is 2.55 bits per heavy atom. The second-order valence-corrected chi connectivity index (χ2v) is 5.84. The van der Waals surface area contributed by atoms with Gasteiger partial charge in [0, 0.05) is 24.0 Å². The number of amides is 1. The largest absolute Gasteiger partial charge is 0.497 e. The Hall–Kier alpha value is -2.43. The number of carbonyl (C=O) groups excluding carboxylic acids is 1. The monoisotopic (exact) mass is 297 g/mol. The van der Waals surface area contributed by atoms with Gasteiger partial charge in [0.05, 0.1) is 19.2 Å². The molecule has 0 radical (unpaired) electrons. The summed E-state index contributed by atoms with van der Waals surface area (Å²) in [5.41, 5.74) is 1.85. The SMILES string of the molecule is COc1ccc(N2C=C3C=NN=CC3C(C(C)C)C2=O)cc1. The number of rotatable bonds is 3. The summed E-state index contributed by atoms with van der Waals surface area (Å²) in [6, 6.07) is 7.49. The first kappa shape index (κ1) is 14.5. The molecule has 2 unspecified atom stereocenters. The molecule has 2 aliphatic heterocycles. The number of carbonyl (C=O) groups is 1. The zero-order valence-corrected chi connectivity index (χ0v) is 12.9. The minimum absolute atomic E-state index is 0.0134. The predicted octanol–water partition coefficient (Wildman–Crippen LogP) is 2.88. The lowest BCUT2D eigenvalue weighted by Gasteiger charge is -2.37. The fourth-order valence-electron chi connectivity index (χ4n) is 2.97. The van der Waals surface area contributed by atoms with Crippen molar-refractivity contribution in [3.8, 4) is 5.75 Å². The highest BCUT2D eigenvalue weighted by atomic mass is 16.5. The van der Waals surface area contributed by atoms with Gasteiger partial charge in [0.25, 0.3) is 0 Å². The highest BCUT2D eigenvalue weighted by molar-refractivity contribution is 6.05. The van der Waals surface area contributed by atoms with E-state index in [0.29, 0.717) is 0 Å². The number of fused-ring (bicyclic) bond motifs is 1. The molecule has 1 aromatic rings. The number of hydrogen-bond acceptors (Lipinski definition) is 4. The number of benzene rings is 1. The molecule has 1 amide bonds. The molecule has 2 aliphatic rings. The highest BCUT2D eigenvalue weighted by Gasteiger charge is 2.39. The molecule has 22 heavy (non-hydrogen) atoms. The summed E-state index contributed by atoms with van der Waals surface area (Å²) in [5, 5.41) is 7.92. The van der Waals surface area contributed by atoms with Crippen molar-refractivity contribution in [2.24, 2.45) is 28.0 Å². The topological polar surface area (TPSA) is 54.3 Å². The van der Waals surface area contributed by atoms with Gasteiger partial charge < -0.3 is 4.74 Å². The number of allylic oxidation sites excluding steroid dienone is 1. The Morgan fingerprint density at radius 1 is 1.18 bits per heavy atom. The number of hydrogen-bond donors (Lipinski definition) is 0. The first-order valence-corrected chi connectivity index (χ1v) is 7.37. The van der Waals surface area contributed by atoms with Gasteiger partial charge in [-0.1, -0.05) is 13.8 Å². The van der Waals surface area contributed by atoms with Crippen molar-refractivity contribution < 1.29 is 9.53 Å². The van der Waals surface area contributed by atoms with Crippen LogP contribution in [0.5, 0.6) is 5.75 Å². The number of methoxy groups -OCH3 is 1. The molecular weight excluding hydrogens is 278 g/mol. The maximum absolute atomic E-state index is 12.9. The summed E-state index contributed by atoms with van der Waals surface area (Å²) in [6.45, 7) is 4.13. The third kappa shape index (κ3) is 2.43. The Bertz CT molecular complexity index is 659. The highest BCUT2D eigenvalue weighted by Crippen LogP contribution is 2.35. The van der Waals surface area contributed by atoms with Crippen LogP contribution in [-0.4, -0.2) is 25.4 Å². The van der Waals surface area contributed by atoms with Crippen molar-refractivity contribution in [3.63, 3.8) is 0 Å². The molecule has 0 spiro atoms. The molecule has 2 atom stereocenters. The molecule has 3 rings (SSSR count). The van der Waals surface area contributed by atoms with E-state index in [-0.39, 0.29) is 23.7 Å². The Labute approximate surface area is 130 Å². The summed E-state index contributed by atoms with van der Waals surface area (Å²) in [7, 11) is 1.63. The van der Waals surface area contributed by atoms with Crippen molar-refractivity contribution in [2.45, 2.75) is 13.8 Å². The molecule has 0 fully saturated rings. The Morgan fingerprint density at radius 2 is 1.91 bits per heavy atom. The van der Waals surface area contributed by atoms with E-state index in [1.54, 1.807) is 24.4 Å². The molecule has 0 saturated carbocycles. The minimum Gasteiger partial charge on any atom is -0.497 e. The van der Waals surface area contributed by atoms with Crippen LogP contribution in [0.1, 0.15) is 13.8 Å². The van der Waals surface area contributed by atoms with E-state index in [1.165, 1.54) is 0 Å². The second kappa shape index (κ2) is 5.75. The van der Waals surface area contributed by atoms with Crippen LogP contribution in [0, 0.1) is 17.8 Å². The van der Waals surface area contributed by atoms with Crippen molar-refractivity contribution in [3.05, 3.63) is 36.0 Å². The van der Waals surface area contributed by atoms with Crippen LogP contribution >= 0.6 is 0 Å². The summed E-state index contributed by atoms with van der Waals surface area (Å²) >= 11 is 0. The fourth-order valence-corrected chi connectivity index (χ4v) is 2.97. The molecule has 0 bridgehead atoms. The van der Waals surface area contributed by atoms with E-state index in [1.807, 2.05) is 30.5 Å². The molecule has 1 aromatic carbocycles. The van der Waals surface area contributed by atoms with E-state index < -0.39 is 0 Å². The van der Waals surface area contributed by atoms with Gasteiger partial charge in [-0.2, -0.15) is 10.2 Å². The average Bonchev–Trinajstić information content (AvgIpc) is 2.54. The van der Waals surface area contributed by atoms with E-state index in [4.69, 9.17) is 4.74 Å². The number of anilines is 1. The Balaban J connectivity index is 2.01. The molecule has 5 heteroatoms. The van der Waals surface area contributed by atoms with Gasteiger partial charge in [0.2, 0.25) is 5.91 Å². The predicted molar refractivity (Wildman–Crippen MR) is 87.4 cm³/mol. The third-order valence-electron chi connectivity index (χ3n) is 4.14. The maximum atomic E-state index is 12.9. The lowest BCUT2D eigenvalue weighted by atomic mass is 9.76. The standard InChI is InChI=1S/C17H19N3O2/c1-11(2)16-15-9-19-18-8-12(15)10-20(17(16)21)13-4-6-14(22-3)7-5-13/h4-11,15-16H,1-3H3. The van der Waals surface area contributed by atoms with Crippen LogP contribution in [-0.2, 0) is 4.79 Å². The molecule has 0 aliphatic carbocycles. The van der Waals surface area contributed by atoms with Crippen LogP contribution in [0.3, 0.4) is 0 Å². The minimum atomic E-state index is -0.127. The zero-order chi connectivity index (χ0) is 15.7. The van der Waals surface area contributed by atoms with Gasteiger partial charge >= 0.3 is 0 Å². The maximum Gasteiger partial charge on any atom is 0.235 e. The molecule has 5 nitrogen and oxygen atoms in total. The van der Waals surface area contributed by atoms with Crippen LogP contribution < -0.4 is 9.64 Å². The lowest BCUT2D eigenvalue weighted by molar-refractivity contribution is -0.124. The number of ether oxygens (including phenoxy) is 1. The first-order valence-electron chi connectivity index (χ1n) is 7.37. The molecule has 114 valence electrons. The fraction of sp³-hybridized carbons (Fsp3) is 0.353. The quantitative estimate of drug-likeness (QED) is 0.861. The van der Waals surface area contributed by atoms with E-state index in [9.17, 15) is 4.79 Å². The molecule has 2 heterocycles. The summed E-state index contributed by atoms with van der Waals surface area (Å²) in [6.07, 6.45) is 5.38. The van der Waals surface area contributed by atoms with E-state index in [2.05, 4.69) is 24.1 Å². The van der Waals surface area contributed by atoms with Gasteiger partial charge in [0.15, 0.2) is 0 Å². The Kier molecular flexibility index (Phi) is 3.79. The van der Waals surface area contributed by atoms with Crippen molar-refractivity contribution in [1.82, 2.24) is 0 Å². The molecule has 0 aromatic heterocycles. The van der Waals surface area contributed by atoms with E-state index in [0.717, 1.165) is 17.0 Å². The van der Waals surface area contributed by atoms with Gasteiger partial charge in [-0.25, -0.2) is 0 Å². The van der Waals surface area contributed by atoms with Crippen LogP contribution in [0.15, 0.2) is 46.2 Å². The molecule has 0 N–H and O–H groups in total. The first-order chi connectivity index (χ1) is 10.6. The van der Waals surface area contributed by atoms with Crippen molar-refractivity contribution >= 4 is 24.0 Å². The summed E-state index contributed by atoms with van der Waals surface area (Å²) < 4.78 is 5.17. The average molecular weight is 297 g/mol. The lowest BCUT2D eigenvalue weighted by Crippen LogP contribution is -2.45.